The Kier molecular flexibility index (Phi) is 12.7. The number of benzene rings is 2. The highest BCUT2D eigenvalue weighted by Crippen LogP contribution is 2.28. The molecule has 2 atom stereocenters. The summed E-state index contributed by atoms with van der Waals surface area (Å²) in [7, 11) is 0. The number of amides is 3. The molecule has 2 unspecified atom stereocenters. The molecule has 1 aliphatic rings. The van der Waals surface area contributed by atoms with Crippen molar-refractivity contribution in [2.24, 2.45) is 0 Å². The van der Waals surface area contributed by atoms with Gasteiger partial charge in [0.1, 0.15) is 23.4 Å². The number of ether oxygens (including phenoxy) is 1. The first kappa shape index (κ1) is 33.0. The van der Waals surface area contributed by atoms with Gasteiger partial charge in [0, 0.05) is 19.0 Å². The predicted octanol–water partition coefficient (Wildman–Crippen LogP) is 6.43. The van der Waals surface area contributed by atoms with Crippen LogP contribution in [-0.2, 0) is 20.7 Å². The number of carbonyl (C=O) groups is 3. The van der Waals surface area contributed by atoms with Gasteiger partial charge < -0.3 is 25.4 Å². The van der Waals surface area contributed by atoms with Crippen molar-refractivity contribution >= 4 is 17.9 Å². The Labute approximate surface area is 251 Å². The first-order chi connectivity index (χ1) is 20.1. The van der Waals surface area contributed by atoms with Gasteiger partial charge >= 0.3 is 6.09 Å². The highest BCUT2D eigenvalue weighted by atomic mass is 16.6. The monoisotopic (exact) mass is 579 g/mol. The minimum atomic E-state index is -0.966. The Morgan fingerprint density at radius 2 is 1.69 bits per heavy atom. The molecule has 8 heteroatoms. The zero-order valence-electron chi connectivity index (χ0n) is 25.7. The van der Waals surface area contributed by atoms with E-state index in [1.807, 2.05) is 30.3 Å². The van der Waals surface area contributed by atoms with Crippen LogP contribution in [0.2, 0.25) is 0 Å². The van der Waals surface area contributed by atoms with Gasteiger partial charge in [-0.25, -0.2) is 4.79 Å². The first-order valence-electron chi connectivity index (χ1n) is 15.5. The number of nitrogens with zero attached hydrogens (tertiary/aromatic N) is 1. The zero-order valence-corrected chi connectivity index (χ0v) is 25.7. The van der Waals surface area contributed by atoms with Gasteiger partial charge in [-0.3, -0.25) is 9.59 Å². The van der Waals surface area contributed by atoms with Gasteiger partial charge in [0.25, 0.3) is 0 Å². The van der Waals surface area contributed by atoms with Gasteiger partial charge in [0.15, 0.2) is 0 Å². The van der Waals surface area contributed by atoms with Gasteiger partial charge in [-0.2, -0.15) is 0 Å². The number of rotatable bonds is 13. The van der Waals surface area contributed by atoms with Crippen LogP contribution in [0.1, 0.15) is 103 Å². The number of phenols is 1. The lowest BCUT2D eigenvalue weighted by molar-refractivity contribution is -0.143. The molecule has 3 N–H and O–H groups in total. The van der Waals surface area contributed by atoms with Crippen LogP contribution in [0.15, 0.2) is 54.6 Å². The SMILES string of the molecule is CCCCCCN(C(=O)C(Cc1ccccc1)NC(=O)OC(C)(C)C)C(C(=O)NC1CCCCC1)c1cccc(O)c1. The third-order valence-electron chi connectivity index (χ3n) is 7.50. The number of nitrogens with one attached hydrogen (secondary N) is 2. The number of hydrogen-bond acceptors (Lipinski definition) is 5. The fraction of sp³-hybridized carbons (Fsp3) is 0.559. The van der Waals surface area contributed by atoms with Crippen LogP contribution >= 0.6 is 0 Å². The quantitative estimate of drug-likeness (QED) is 0.237. The molecule has 8 nitrogen and oxygen atoms in total. The van der Waals surface area contributed by atoms with E-state index in [4.69, 9.17) is 4.74 Å². The average Bonchev–Trinajstić information content (AvgIpc) is 2.94. The molecular formula is C34H49N3O5. The van der Waals surface area contributed by atoms with E-state index in [2.05, 4.69) is 17.6 Å². The van der Waals surface area contributed by atoms with E-state index in [1.165, 1.54) is 0 Å². The van der Waals surface area contributed by atoms with Crippen LogP contribution in [-0.4, -0.2) is 52.1 Å². The smallest absolute Gasteiger partial charge is 0.408 e. The largest absolute Gasteiger partial charge is 0.508 e. The number of hydrogen-bond donors (Lipinski definition) is 3. The summed E-state index contributed by atoms with van der Waals surface area (Å²) in [5, 5.41) is 16.4. The van der Waals surface area contributed by atoms with Gasteiger partial charge in [-0.15, -0.1) is 0 Å². The Bertz CT molecular complexity index is 1140. The predicted molar refractivity (Wildman–Crippen MR) is 165 cm³/mol. The molecule has 2 aromatic carbocycles. The van der Waals surface area contributed by atoms with Crippen molar-refractivity contribution in [2.75, 3.05) is 6.54 Å². The number of unbranched alkanes of at least 4 members (excludes halogenated alkanes) is 3. The highest BCUT2D eigenvalue weighted by molar-refractivity contribution is 5.92. The second-order valence-corrected chi connectivity index (χ2v) is 12.3. The van der Waals surface area contributed by atoms with E-state index < -0.39 is 23.8 Å². The minimum Gasteiger partial charge on any atom is -0.508 e. The molecule has 0 spiro atoms. The van der Waals surface area contributed by atoms with Crippen LogP contribution in [0.4, 0.5) is 4.79 Å². The molecule has 0 bridgehead atoms. The molecule has 0 radical (unpaired) electrons. The zero-order chi connectivity index (χ0) is 30.5. The average molecular weight is 580 g/mol. The van der Waals surface area contributed by atoms with Crippen LogP contribution < -0.4 is 10.6 Å². The fourth-order valence-electron chi connectivity index (χ4n) is 5.47. The van der Waals surface area contributed by atoms with Gasteiger partial charge in [0.2, 0.25) is 11.8 Å². The summed E-state index contributed by atoms with van der Waals surface area (Å²) < 4.78 is 5.52. The molecule has 1 fully saturated rings. The van der Waals surface area contributed by atoms with E-state index in [0.717, 1.165) is 56.9 Å². The molecule has 0 saturated heterocycles. The lowest BCUT2D eigenvalue weighted by atomic mass is 9.94. The Balaban J connectivity index is 2.01. The summed E-state index contributed by atoms with van der Waals surface area (Å²) in [6.07, 6.45) is 8.27. The molecule has 0 aromatic heterocycles. The van der Waals surface area contributed by atoms with Crippen LogP contribution in [0.3, 0.4) is 0 Å². The molecule has 1 aliphatic carbocycles. The number of alkyl carbamates (subject to hydrolysis) is 1. The molecule has 42 heavy (non-hydrogen) atoms. The third kappa shape index (κ3) is 10.7. The van der Waals surface area contributed by atoms with Crippen LogP contribution in [0.25, 0.3) is 0 Å². The minimum absolute atomic E-state index is 0.0223. The van der Waals surface area contributed by atoms with E-state index in [-0.39, 0.29) is 30.0 Å². The van der Waals surface area contributed by atoms with E-state index in [0.29, 0.717) is 18.5 Å². The Morgan fingerprint density at radius 1 is 0.976 bits per heavy atom. The summed E-state index contributed by atoms with van der Waals surface area (Å²) >= 11 is 0. The number of phenolic OH excluding ortho intramolecular Hbond substituents is 1. The summed E-state index contributed by atoms with van der Waals surface area (Å²) in [4.78, 5) is 43.1. The molecule has 3 rings (SSSR count). The lowest BCUT2D eigenvalue weighted by Crippen LogP contribution is -2.54. The van der Waals surface area contributed by atoms with Crippen LogP contribution in [0, 0.1) is 0 Å². The van der Waals surface area contributed by atoms with E-state index >= 15 is 0 Å². The van der Waals surface area contributed by atoms with Crippen molar-refractivity contribution in [2.45, 2.75) is 116 Å². The standard InChI is InChI=1S/C34H49N3O5/c1-5-6-7-14-22-37(30(26-18-15-21-28(38)24-26)31(39)35-27-19-12-9-13-20-27)32(40)29(23-25-16-10-8-11-17-25)36-33(41)42-34(2,3)4/h8,10-11,15-18,21,24,27,29-30,38H,5-7,9,12-14,19-20,22-23H2,1-4H3,(H,35,39)(H,36,41). The maximum absolute atomic E-state index is 14.5. The summed E-state index contributed by atoms with van der Waals surface area (Å²) in [5.41, 5.74) is 0.662. The second-order valence-electron chi connectivity index (χ2n) is 12.3. The van der Waals surface area contributed by atoms with Crippen molar-refractivity contribution in [1.82, 2.24) is 15.5 Å². The van der Waals surface area contributed by atoms with Crippen molar-refractivity contribution in [1.29, 1.82) is 0 Å². The second kappa shape index (κ2) is 16.2. The van der Waals surface area contributed by atoms with Crippen molar-refractivity contribution in [3.63, 3.8) is 0 Å². The summed E-state index contributed by atoms with van der Waals surface area (Å²) in [6, 6.07) is 14.2. The van der Waals surface area contributed by atoms with Crippen molar-refractivity contribution < 1.29 is 24.2 Å². The van der Waals surface area contributed by atoms with Crippen molar-refractivity contribution in [3.05, 3.63) is 65.7 Å². The number of carbonyl (C=O) groups excluding carboxylic acids is 3. The maximum Gasteiger partial charge on any atom is 0.408 e. The molecule has 2 aromatic rings. The Hall–Kier alpha value is -3.55. The van der Waals surface area contributed by atoms with E-state index in [9.17, 15) is 19.5 Å². The highest BCUT2D eigenvalue weighted by Gasteiger charge is 2.37. The molecule has 0 heterocycles. The molecule has 3 amide bonds. The summed E-state index contributed by atoms with van der Waals surface area (Å²) in [5.74, 6) is -0.616. The molecule has 1 saturated carbocycles. The van der Waals surface area contributed by atoms with Gasteiger partial charge in [-0.1, -0.05) is 87.9 Å². The van der Waals surface area contributed by atoms with Gasteiger partial charge in [0.05, 0.1) is 0 Å². The summed E-state index contributed by atoms with van der Waals surface area (Å²) in [6.45, 7) is 7.77. The van der Waals surface area contributed by atoms with E-state index in [1.54, 1.807) is 49.9 Å². The molecular weight excluding hydrogens is 530 g/mol. The van der Waals surface area contributed by atoms with Gasteiger partial charge in [-0.05, 0) is 63.3 Å². The van der Waals surface area contributed by atoms with Crippen LogP contribution in [0.5, 0.6) is 5.75 Å². The normalized spacial score (nSPS) is 15.3. The first-order valence-corrected chi connectivity index (χ1v) is 15.5. The fourth-order valence-corrected chi connectivity index (χ4v) is 5.47. The lowest BCUT2D eigenvalue weighted by Gasteiger charge is -2.36. The third-order valence-corrected chi connectivity index (χ3v) is 7.50. The molecule has 0 aliphatic heterocycles. The topological polar surface area (TPSA) is 108 Å². The Morgan fingerprint density at radius 3 is 2.33 bits per heavy atom. The van der Waals surface area contributed by atoms with Crippen molar-refractivity contribution in [3.8, 4) is 5.75 Å². The number of aromatic hydroxyl groups is 1. The molecule has 230 valence electrons. The maximum atomic E-state index is 14.5.